The molecule has 0 atom stereocenters. The number of anilines is 1. The second kappa shape index (κ2) is 4.80. The van der Waals surface area contributed by atoms with E-state index in [2.05, 4.69) is 9.97 Å². The average molecular weight is 331 g/mol. The summed E-state index contributed by atoms with van der Waals surface area (Å²) in [4.78, 5) is 8.69. The fourth-order valence-electron chi connectivity index (χ4n) is 1.74. The van der Waals surface area contributed by atoms with Gasteiger partial charge in [-0.3, -0.25) is 0 Å². The molecule has 0 radical (unpaired) electrons. The predicted molar refractivity (Wildman–Crippen MR) is 82.3 cm³/mol. The van der Waals surface area contributed by atoms with Gasteiger partial charge in [0.15, 0.2) is 5.82 Å². The number of aromatic nitrogens is 2. The van der Waals surface area contributed by atoms with Gasteiger partial charge in [0.25, 0.3) is 0 Å². The number of benzene rings is 1. The van der Waals surface area contributed by atoms with Crippen LogP contribution in [0.2, 0.25) is 13.7 Å². The van der Waals surface area contributed by atoms with Crippen LogP contribution in [0.15, 0.2) is 24.3 Å². The smallest absolute Gasteiger partial charge is 0.164 e. The number of thiophene rings is 1. The van der Waals surface area contributed by atoms with E-state index < -0.39 is 0 Å². The highest BCUT2D eigenvalue weighted by Crippen LogP contribution is 2.37. The van der Waals surface area contributed by atoms with E-state index in [4.69, 9.17) is 40.5 Å². The van der Waals surface area contributed by atoms with E-state index in [0.29, 0.717) is 36.4 Å². The number of rotatable bonds is 1. The Balaban J connectivity index is 2.28. The van der Waals surface area contributed by atoms with Gasteiger partial charge in [-0.2, -0.15) is 0 Å². The van der Waals surface area contributed by atoms with E-state index in [0.717, 1.165) is 5.39 Å². The van der Waals surface area contributed by atoms with Crippen LogP contribution in [0.5, 0.6) is 0 Å². The van der Waals surface area contributed by atoms with Crippen molar-refractivity contribution in [3.05, 3.63) is 38.0 Å². The lowest BCUT2D eigenvalue weighted by Gasteiger charge is -2.05. The quantitative estimate of drug-likeness (QED) is 0.690. The first-order valence-corrected chi connectivity index (χ1v) is 7.17. The van der Waals surface area contributed by atoms with Gasteiger partial charge in [0.1, 0.15) is 10.2 Å². The lowest BCUT2D eigenvalue weighted by molar-refractivity contribution is 1.24. The number of halogens is 3. The molecule has 0 saturated carbocycles. The van der Waals surface area contributed by atoms with Gasteiger partial charge in [-0.05, 0) is 24.3 Å². The molecule has 3 aromatic rings. The van der Waals surface area contributed by atoms with E-state index in [1.165, 1.54) is 11.3 Å². The van der Waals surface area contributed by atoms with Gasteiger partial charge in [-0.25, -0.2) is 9.97 Å². The highest BCUT2D eigenvalue weighted by molar-refractivity contribution is 7.20. The summed E-state index contributed by atoms with van der Waals surface area (Å²) >= 11 is 19.2. The van der Waals surface area contributed by atoms with Crippen molar-refractivity contribution < 1.29 is 0 Å². The fraction of sp³-hybridized carbons (Fsp3) is 0. The molecule has 2 N–H and O–H groups in total. The Morgan fingerprint density at radius 2 is 1.84 bits per heavy atom. The lowest BCUT2D eigenvalue weighted by Crippen LogP contribution is -1.97. The van der Waals surface area contributed by atoms with Gasteiger partial charge in [0.2, 0.25) is 0 Å². The molecule has 0 aliphatic carbocycles. The van der Waals surface area contributed by atoms with Crippen LogP contribution in [-0.2, 0) is 0 Å². The first kappa shape index (κ1) is 12.9. The van der Waals surface area contributed by atoms with Crippen molar-refractivity contribution in [3.63, 3.8) is 0 Å². The van der Waals surface area contributed by atoms with Crippen LogP contribution in [-0.4, -0.2) is 9.97 Å². The normalized spacial score (nSPS) is 11.1. The molecule has 7 heteroatoms. The Morgan fingerprint density at radius 3 is 2.53 bits per heavy atom. The molecular weight excluding hydrogens is 325 g/mol. The largest absolute Gasteiger partial charge is 0.383 e. The molecule has 2 aromatic heterocycles. The Hall–Kier alpha value is -1.07. The first-order chi connectivity index (χ1) is 9.04. The monoisotopic (exact) mass is 329 g/mol. The number of nitrogen functional groups attached to an aromatic ring is 1. The highest BCUT2D eigenvalue weighted by Gasteiger charge is 2.13. The van der Waals surface area contributed by atoms with E-state index >= 15 is 0 Å². The van der Waals surface area contributed by atoms with Crippen LogP contribution in [0, 0.1) is 0 Å². The van der Waals surface area contributed by atoms with Crippen molar-refractivity contribution in [1.82, 2.24) is 9.97 Å². The zero-order valence-corrected chi connectivity index (χ0v) is 12.4. The number of nitrogens with zero attached hydrogens (tertiary/aromatic N) is 2. The van der Waals surface area contributed by atoms with Gasteiger partial charge in [-0.15, -0.1) is 11.3 Å². The SMILES string of the molecule is Nc1nc(-c2cc(Cl)sc2Cl)nc2cc(Cl)ccc12. The van der Waals surface area contributed by atoms with Crippen molar-refractivity contribution in [2.45, 2.75) is 0 Å². The summed E-state index contributed by atoms with van der Waals surface area (Å²) in [7, 11) is 0. The Labute approximate surface area is 127 Å². The maximum atomic E-state index is 6.10. The molecule has 0 saturated heterocycles. The number of hydrogen-bond acceptors (Lipinski definition) is 4. The molecular formula is C12H6Cl3N3S. The molecule has 3 nitrogen and oxygen atoms in total. The molecule has 3 rings (SSSR count). The summed E-state index contributed by atoms with van der Waals surface area (Å²) in [5.41, 5.74) is 7.28. The molecule has 0 fully saturated rings. The second-order valence-electron chi connectivity index (χ2n) is 3.83. The topological polar surface area (TPSA) is 51.8 Å². The second-order valence-corrected chi connectivity index (χ2v) is 6.55. The summed E-state index contributed by atoms with van der Waals surface area (Å²) in [6.45, 7) is 0. The van der Waals surface area contributed by atoms with Crippen molar-refractivity contribution >= 4 is 62.9 Å². The molecule has 0 bridgehead atoms. The molecule has 0 aliphatic rings. The Kier molecular flexibility index (Phi) is 3.27. The van der Waals surface area contributed by atoms with E-state index in [-0.39, 0.29) is 0 Å². The predicted octanol–water partition coefficient (Wildman–Crippen LogP) is 4.90. The molecule has 0 spiro atoms. The fourth-order valence-corrected chi connectivity index (χ4v) is 3.36. The molecule has 0 amide bonds. The Morgan fingerprint density at radius 1 is 1.05 bits per heavy atom. The summed E-state index contributed by atoms with van der Waals surface area (Å²) in [6.07, 6.45) is 0. The minimum Gasteiger partial charge on any atom is -0.383 e. The third-order valence-electron chi connectivity index (χ3n) is 2.59. The van der Waals surface area contributed by atoms with E-state index in [1.807, 2.05) is 0 Å². The molecule has 2 heterocycles. The molecule has 0 unspecified atom stereocenters. The molecule has 0 aliphatic heterocycles. The third kappa shape index (κ3) is 2.37. The maximum Gasteiger partial charge on any atom is 0.164 e. The lowest BCUT2D eigenvalue weighted by atomic mass is 10.2. The van der Waals surface area contributed by atoms with E-state index in [9.17, 15) is 0 Å². The van der Waals surface area contributed by atoms with Gasteiger partial charge < -0.3 is 5.73 Å². The number of hydrogen-bond donors (Lipinski definition) is 1. The standard InChI is InChI=1S/C12H6Cl3N3S/c13-5-1-2-6-8(3-5)17-12(18-11(6)16)7-4-9(14)19-10(7)15/h1-4H,(H2,16,17,18). The van der Waals surface area contributed by atoms with Gasteiger partial charge >= 0.3 is 0 Å². The van der Waals surface area contributed by atoms with Crippen LogP contribution < -0.4 is 5.73 Å². The maximum absolute atomic E-state index is 6.10. The van der Waals surface area contributed by atoms with Crippen molar-refractivity contribution in [3.8, 4) is 11.4 Å². The first-order valence-electron chi connectivity index (χ1n) is 5.22. The zero-order chi connectivity index (χ0) is 13.6. The average Bonchev–Trinajstić information content (AvgIpc) is 2.67. The summed E-state index contributed by atoms with van der Waals surface area (Å²) < 4.78 is 1.11. The van der Waals surface area contributed by atoms with Crippen LogP contribution >= 0.6 is 46.1 Å². The Bertz CT molecular complexity index is 785. The summed E-state index contributed by atoms with van der Waals surface area (Å²) in [6, 6.07) is 7.00. The van der Waals surface area contributed by atoms with Crippen LogP contribution in [0.25, 0.3) is 22.3 Å². The van der Waals surface area contributed by atoms with Crippen molar-refractivity contribution in [1.29, 1.82) is 0 Å². The van der Waals surface area contributed by atoms with E-state index in [1.54, 1.807) is 24.3 Å². The van der Waals surface area contributed by atoms with Crippen LogP contribution in [0.4, 0.5) is 5.82 Å². The molecule has 1 aromatic carbocycles. The zero-order valence-electron chi connectivity index (χ0n) is 9.32. The van der Waals surface area contributed by atoms with Crippen LogP contribution in [0.1, 0.15) is 0 Å². The van der Waals surface area contributed by atoms with Gasteiger partial charge in [-0.1, -0.05) is 34.8 Å². The van der Waals surface area contributed by atoms with Crippen molar-refractivity contribution in [2.75, 3.05) is 5.73 Å². The molecule has 96 valence electrons. The van der Waals surface area contributed by atoms with Gasteiger partial charge in [0, 0.05) is 10.4 Å². The minimum atomic E-state index is 0.384. The molecule has 19 heavy (non-hydrogen) atoms. The summed E-state index contributed by atoms with van der Waals surface area (Å²) in [5, 5.41) is 1.34. The highest BCUT2D eigenvalue weighted by atomic mass is 35.5. The van der Waals surface area contributed by atoms with Gasteiger partial charge in [0.05, 0.1) is 15.4 Å². The van der Waals surface area contributed by atoms with Crippen LogP contribution in [0.3, 0.4) is 0 Å². The minimum absolute atomic E-state index is 0.384. The number of fused-ring (bicyclic) bond motifs is 1. The summed E-state index contributed by atoms with van der Waals surface area (Å²) in [5.74, 6) is 0.829. The third-order valence-corrected chi connectivity index (χ3v) is 4.31. The number of nitrogens with two attached hydrogens (primary N) is 1. The van der Waals surface area contributed by atoms with Crippen molar-refractivity contribution in [2.24, 2.45) is 0 Å².